The Kier molecular flexibility index (Phi) is 4.97. The Morgan fingerprint density at radius 3 is 2.43 bits per heavy atom. The van der Waals surface area contributed by atoms with Gasteiger partial charge in [0.15, 0.2) is 5.69 Å². The summed E-state index contributed by atoms with van der Waals surface area (Å²) in [5.74, 6) is 0. The summed E-state index contributed by atoms with van der Waals surface area (Å²) >= 11 is 0.948. The van der Waals surface area contributed by atoms with E-state index < -0.39 is 18.0 Å². The number of halogens is 3. The number of hydrogen-bond donors (Lipinski definition) is 1. The summed E-state index contributed by atoms with van der Waals surface area (Å²) in [6.07, 6.45) is -5.11. The fourth-order valence-electron chi connectivity index (χ4n) is 1.95. The van der Waals surface area contributed by atoms with Crippen molar-refractivity contribution in [2.45, 2.75) is 25.7 Å². The zero-order valence-corrected chi connectivity index (χ0v) is 12.2. The normalized spacial score (nSPS) is 13.4. The van der Waals surface area contributed by atoms with Crippen molar-refractivity contribution in [3.05, 3.63) is 51.5 Å². The number of thiazole rings is 1. The molecule has 0 spiro atoms. The first-order valence-electron chi connectivity index (χ1n) is 6.40. The molecule has 1 unspecified atom stereocenters. The highest BCUT2D eigenvalue weighted by atomic mass is 32.1. The number of ether oxygens (including phenoxy) is 1. The lowest BCUT2D eigenvalue weighted by Gasteiger charge is -2.14. The van der Waals surface area contributed by atoms with Crippen molar-refractivity contribution in [3.63, 3.8) is 0 Å². The van der Waals surface area contributed by atoms with E-state index in [2.05, 4.69) is 4.98 Å². The number of benzene rings is 1. The molecule has 1 atom stereocenters. The summed E-state index contributed by atoms with van der Waals surface area (Å²) in [5, 5.41) is 0.274. The highest BCUT2D eigenvalue weighted by Crippen LogP contribution is 2.38. The van der Waals surface area contributed by atoms with Crippen LogP contribution in [0.5, 0.6) is 0 Å². The molecule has 0 bridgehead atoms. The Hall–Kier alpha value is -1.44. The van der Waals surface area contributed by atoms with Crippen LogP contribution in [0.2, 0.25) is 0 Å². The third kappa shape index (κ3) is 3.61. The minimum atomic E-state index is -4.50. The lowest BCUT2D eigenvalue weighted by Crippen LogP contribution is -2.11. The molecule has 0 aliphatic carbocycles. The van der Waals surface area contributed by atoms with E-state index in [9.17, 15) is 13.2 Å². The molecule has 0 aliphatic heterocycles. The number of rotatable bonds is 5. The van der Waals surface area contributed by atoms with Crippen molar-refractivity contribution >= 4 is 11.3 Å². The maximum Gasteiger partial charge on any atom is 0.434 e. The Morgan fingerprint density at radius 2 is 1.95 bits per heavy atom. The molecule has 0 saturated carbocycles. The molecule has 1 heterocycles. The predicted octanol–water partition coefficient (Wildman–Crippen LogP) is 3.75. The highest BCUT2D eigenvalue weighted by molar-refractivity contribution is 7.11. The Labute approximate surface area is 124 Å². The molecule has 0 fully saturated rings. The van der Waals surface area contributed by atoms with Gasteiger partial charge in [0.2, 0.25) is 0 Å². The van der Waals surface area contributed by atoms with E-state index in [4.69, 9.17) is 10.5 Å². The molecule has 1 aromatic heterocycles. The molecule has 2 rings (SSSR count). The standard InChI is InChI=1S/C14H15F3N2OS/c1-2-20-11(9-6-4-3-5-7-9)13-19-12(14(15,16)17)10(8-18)21-13/h3-7,11H,2,8,18H2,1H3. The van der Waals surface area contributed by atoms with Gasteiger partial charge < -0.3 is 10.5 Å². The maximum absolute atomic E-state index is 12.9. The van der Waals surface area contributed by atoms with E-state index in [1.165, 1.54) is 0 Å². The van der Waals surface area contributed by atoms with Crippen molar-refractivity contribution in [2.24, 2.45) is 5.73 Å². The minimum absolute atomic E-state index is 0.0261. The van der Waals surface area contributed by atoms with Gasteiger partial charge in [0.1, 0.15) is 11.1 Å². The molecule has 0 saturated heterocycles. The summed E-state index contributed by atoms with van der Waals surface area (Å²) in [4.78, 5) is 3.76. The second kappa shape index (κ2) is 6.55. The number of hydrogen-bond acceptors (Lipinski definition) is 4. The van der Waals surface area contributed by atoms with E-state index >= 15 is 0 Å². The maximum atomic E-state index is 12.9. The average molecular weight is 316 g/mol. The number of nitrogens with two attached hydrogens (primary N) is 1. The lowest BCUT2D eigenvalue weighted by molar-refractivity contribution is -0.141. The van der Waals surface area contributed by atoms with E-state index in [1.807, 2.05) is 18.2 Å². The van der Waals surface area contributed by atoms with Gasteiger partial charge in [-0.15, -0.1) is 11.3 Å². The lowest BCUT2D eigenvalue weighted by atomic mass is 10.1. The highest BCUT2D eigenvalue weighted by Gasteiger charge is 2.38. The van der Waals surface area contributed by atoms with Crippen LogP contribution in [0, 0.1) is 0 Å². The first-order valence-corrected chi connectivity index (χ1v) is 7.22. The first kappa shape index (κ1) is 15.9. The van der Waals surface area contributed by atoms with Crippen LogP contribution < -0.4 is 5.73 Å². The van der Waals surface area contributed by atoms with Gasteiger partial charge in [0.25, 0.3) is 0 Å². The van der Waals surface area contributed by atoms with Crippen molar-refractivity contribution in [2.75, 3.05) is 6.61 Å². The summed E-state index contributed by atoms with van der Waals surface area (Å²) in [6.45, 7) is 1.97. The topological polar surface area (TPSA) is 48.1 Å². The molecule has 114 valence electrons. The van der Waals surface area contributed by atoms with Gasteiger partial charge in [-0.1, -0.05) is 30.3 Å². The Balaban J connectivity index is 2.44. The van der Waals surface area contributed by atoms with Gasteiger partial charge in [0.05, 0.1) is 4.88 Å². The van der Waals surface area contributed by atoms with Crippen LogP contribution in [0.3, 0.4) is 0 Å². The molecule has 2 aromatic rings. The summed E-state index contributed by atoms with van der Waals surface area (Å²) < 4.78 is 44.4. The van der Waals surface area contributed by atoms with Gasteiger partial charge >= 0.3 is 6.18 Å². The van der Waals surface area contributed by atoms with Crippen LogP contribution in [-0.2, 0) is 17.5 Å². The SMILES string of the molecule is CCOC(c1ccccc1)c1nc(C(F)(F)F)c(CN)s1. The van der Waals surface area contributed by atoms with Gasteiger partial charge in [-0.3, -0.25) is 0 Å². The third-order valence-electron chi connectivity index (χ3n) is 2.83. The van der Waals surface area contributed by atoms with Gasteiger partial charge in [-0.05, 0) is 12.5 Å². The van der Waals surface area contributed by atoms with Crippen LogP contribution >= 0.6 is 11.3 Å². The Morgan fingerprint density at radius 1 is 1.29 bits per heavy atom. The molecule has 1 aromatic carbocycles. The molecular formula is C14H15F3N2OS. The van der Waals surface area contributed by atoms with E-state index in [-0.39, 0.29) is 16.4 Å². The number of alkyl halides is 3. The van der Waals surface area contributed by atoms with E-state index in [0.717, 1.165) is 16.9 Å². The van der Waals surface area contributed by atoms with Crippen molar-refractivity contribution < 1.29 is 17.9 Å². The van der Waals surface area contributed by atoms with Crippen molar-refractivity contribution in [1.29, 1.82) is 0 Å². The summed E-state index contributed by atoms with van der Waals surface area (Å²) in [7, 11) is 0. The molecule has 7 heteroatoms. The molecule has 0 aliphatic rings. The first-order chi connectivity index (χ1) is 9.97. The second-order valence-electron chi connectivity index (χ2n) is 4.27. The largest absolute Gasteiger partial charge is 0.434 e. The molecule has 3 nitrogen and oxygen atoms in total. The van der Waals surface area contributed by atoms with Crippen LogP contribution in [0.25, 0.3) is 0 Å². The monoisotopic (exact) mass is 316 g/mol. The molecule has 0 amide bonds. The van der Waals surface area contributed by atoms with Crippen LogP contribution in [-0.4, -0.2) is 11.6 Å². The third-order valence-corrected chi connectivity index (χ3v) is 3.95. The average Bonchev–Trinajstić information content (AvgIpc) is 2.90. The fraction of sp³-hybridized carbons (Fsp3) is 0.357. The molecular weight excluding hydrogens is 301 g/mol. The molecule has 0 radical (unpaired) electrons. The van der Waals surface area contributed by atoms with Gasteiger partial charge in [-0.25, -0.2) is 4.98 Å². The quantitative estimate of drug-likeness (QED) is 0.914. The van der Waals surface area contributed by atoms with Gasteiger partial charge in [0, 0.05) is 13.2 Å². The zero-order valence-electron chi connectivity index (χ0n) is 11.4. The number of nitrogens with zero attached hydrogens (tertiary/aromatic N) is 1. The van der Waals surface area contributed by atoms with Crippen LogP contribution in [0.1, 0.15) is 34.2 Å². The summed E-state index contributed by atoms with van der Waals surface area (Å²) in [6, 6.07) is 9.06. The number of aromatic nitrogens is 1. The minimum Gasteiger partial charge on any atom is -0.367 e. The van der Waals surface area contributed by atoms with Gasteiger partial charge in [-0.2, -0.15) is 13.2 Å². The zero-order chi connectivity index (χ0) is 15.5. The van der Waals surface area contributed by atoms with Crippen molar-refractivity contribution in [1.82, 2.24) is 4.98 Å². The molecule has 21 heavy (non-hydrogen) atoms. The fourth-order valence-corrected chi connectivity index (χ4v) is 2.99. The smallest absolute Gasteiger partial charge is 0.367 e. The van der Waals surface area contributed by atoms with Crippen molar-refractivity contribution in [3.8, 4) is 0 Å². The van der Waals surface area contributed by atoms with Crippen LogP contribution in [0.4, 0.5) is 13.2 Å². The molecule has 2 N–H and O–H groups in total. The second-order valence-corrected chi connectivity index (χ2v) is 5.39. The predicted molar refractivity (Wildman–Crippen MR) is 74.9 cm³/mol. The van der Waals surface area contributed by atoms with E-state index in [1.54, 1.807) is 19.1 Å². The Bertz CT molecular complexity index is 584. The van der Waals surface area contributed by atoms with E-state index in [0.29, 0.717) is 6.61 Å². The van der Waals surface area contributed by atoms with Crippen LogP contribution in [0.15, 0.2) is 30.3 Å². The summed E-state index contributed by atoms with van der Waals surface area (Å²) in [5.41, 5.74) is 5.26.